The SMILES string of the molecule is CC(C)CNCCn1ccc2cc(Br)ccc21. The minimum Gasteiger partial charge on any atom is -0.346 e. The van der Waals surface area contributed by atoms with E-state index in [1.807, 2.05) is 0 Å². The third kappa shape index (κ3) is 3.33. The molecule has 0 saturated heterocycles. The molecule has 2 rings (SSSR count). The Bertz CT molecular complexity index is 488. The molecule has 0 amide bonds. The van der Waals surface area contributed by atoms with Crippen LogP contribution in [-0.4, -0.2) is 17.7 Å². The number of benzene rings is 1. The van der Waals surface area contributed by atoms with E-state index in [2.05, 4.69) is 70.1 Å². The predicted molar refractivity (Wildman–Crippen MR) is 77.3 cm³/mol. The van der Waals surface area contributed by atoms with E-state index in [1.54, 1.807) is 0 Å². The second-order valence-electron chi connectivity index (χ2n) is 4.81. The van der Waals surface area contributed by atoms with Gasteiger partial charge in [0.05, 0.1) is 0 Å². The molecule has 2 aromatic rings. The Morgan fingerprint density at radius 2 is 2.12 bits per heavy atom. The number of aromatic nitrogens is 1. The van der Waals surface area contributed by atoms with Crippen molar-refractivity contribution in [1.82, 2.24) is 9.88 Å². The standard InChI is InChI=1S/C14H19BrN2/c1-11(2)10-16-6-8-17-7-5-12-9-13(15)3-4-14(12)17/h3-5,7,9,11,16H,6,8,10H2,1-2H3. The number of rotatable bonds is 5. The van der Waals surface area contributed by atoms with Crippen molar-refractivity contribution in [3.63, 3.8) is 0 Å². The topological polar surface area (TPSA) is 17.0 Å². The summed E-state index contributed by atoms with van der Waals surface area (Å²) in [6.07, 6.45) is 2.16. The first-order valence-corrected chi connectivity index (χ1v) is 6.91. The molecule has 0 aliphatic heterocycles. The minimum atomic E-state index is 0.715. The zero-order valence-electron chi connectivity index (χ0n) is 10.4. The predicted octanol–water partition coefficient (Wildman–Crippen LogP) is 3.65. The molecule has 1 aromatic carbocycles. The van der Waals surface area contributed by atoms with Crippen LogP contribution in [0.25, 0.3) is 10.9 Å². The molecule has 0 aliphatic rings. The molecule has 17 heavy (non-hydrogen) atoms. The van der Waals surface area contributed by atoms with Gasteiger partial charge in [-0.2, -0.15) is 0 Å². The molecule has 1 N–H and O–H groups in total. The van der Waals surface area contributed by atoms with Crippen molar-refractivity contribution in [1.29, 1.82) is 0 Å². The lowest BCUT2D eigenvalue weighted by Crippen LogP contribution is -2.23. The van der Waals surface area contributed by atoms with E-state index in [4.69, 9.17) is 0 Å². The Morgan fingerprint density at radius 3 is 2.88 bits per heavy atom. The number of halogens is 1. The van der Waals surface area contributed by atoms with Crippen LogP contribution in [0.2, 0.25) is 0 Å². The largest absolute Gasteiger partial charge is 0.346 e. The van der Waals surface area contributed by atoms with E-state index in [-0.39, 0.29) is 0 Å². The molecular weight excluding hydrogens is 276 g/mol. The molecule has 0 bridgehead atoms. The Kier molecular flexibility index (Phi) is 4.24. The first-order valence-electron chi connectivity index (χ1n) is 6.12. The van der Waals surface area contributed by atoms with Crippen LogP contribution >= 0.6 is 15.9 Å². The van der Waals surface area contributed by atoms with Gasteiger partial charge in [0.1, 0.15) is 0 Å². The average Bonchev–Trinajstić information content (AvgIpc) is 2.66. The summed E-state index contributed by atoms with van der Waals surface area (Å²) < 4.78 is 3.44. The maximum Gasteiger partial charge on any atom is 0.0481 e. The Balaban J connectivity index is 1.99. The van der Waals surface area contributed by atoms with Crippen LogP contribution in [0.4, 0.5) is 0 Å². The van der Waals surface area contributed by atoms with Gasteiger partial charge in [0.25, 0.3) is 0 Å². The van der Waals surface area contributed by atoms with E-state index in [0.717, 1.165) is 24.1 Å². The van der Waals surface area contributed by atoms with E-state index < -0.39 is 0 Å². The third-order valence-electron chi connectivity index (χ3n) is 2.82. The summed E-state index contributed by atoms with van der Waals surface area (Å²) in [4.78, 5) is 0. The lowest BCUT2D eigenvalue weighted by Gasteiger charge is -2.09. The van der Waals surface area contributed by atoms with E-state index in [9.17, 15) is 0 Å². The monoisotopic (exact) mass is 294 g/mol. The number of fused-ring (bicyclic) bond motifs is 1. The maximum atomic E-state index is 3.50. The van der Waals surface area contributed by atoms with Crippen LogP contribution in [0.1, 0.15) is 13.8 Å². The summed E-state index contributed by atoms with van der Waals surface area (Å²) >= 11 is 3.50. The van der Waals surface area contributed by atoms with Gasteiger partial charge in [-0.05, 0) is 36.7 Å². The van der Waals surface area contributed by atoms with Gasteiger partial charge in [-0.3, -0.25) is 0 Å². The number of nitrogens with zero attached hydrogens (tertiary/aromatic N) is 1. The van der Waals surface area contributed by atoms with Crippen LogP contribution in [0, 0.1) is 5.92 Å². The fourth-order valence-corrected chi connectivity index (χ4v) is 2.34. The summed E-state index contributed by atoms with van der Waals surface area (Å²) in [5.41, 5.74) is 1.31. The quantitative estimate of drug-likeness (QED) is 0.833. The lowest BCUT2D eigenvalue weighted by molar-refractivity contribution is 0.529. The molecule has 92 valence electrons. The number of hydrogen-bond acceptors (Lipinski definition) is 1. The molecule has 0 aliphatic carbocycles. The highest BCUT2D eigenvalue weighted by atomic mass is 79.9. The zero-order chi connectivity index (χ0) is 12.3. The fourth-order valence-electron chi connectivity index (χ4n) is 1.96. The van der Waals surface area contributed by atoms with Gasteiger partial charge in [-0.1, -0.05) is 29.8 Å². The molecular formula is C14H19BrN2. The van der Waals surface area contributed by atoms with Crippen LogP contribution in [0.15, 0.2) is 34.9 Å². The molecule has 0 saturated carbocycles. The second kappa shape index (κ2) is 5.69. The van der Waals surface area contributed by atoms with Gasteiger partial charge in [-0.25, -0.2) is 0 Å². The van der Waals surface area contributed by atoms with Crippen LogP contribution < -0.4 is 5.32 Å². The van der Waals surface area contributed by atoms with Gasteiger partial charge >= 0.3 is 0 Å². The minimum absolute atomic E-state index is 0.715. The van der Waals surface area contributed by atoms with Gasteiger partial charge in [0.2, 0.25) is 0 Å². The summed E-state index contributed by atoms with van der Waals surface area (Å²) in [6.45, 7) is 7.60. The molecule has 0 unspecified atom stereocenters. The highest BCUT2D eigenvalue weighted by Gasteiger charge is 2.01. The van der Waals surface area contributed by atoms with Crippen molar-refractivity contribution in [2.24, 2.45) is 5.92 Å². The zero-order valence-corrected chi connectivity index (χ0v) is 12.0. The molecule has 1 heterocycles. The fraction of sp³-hybridized carbons (Fsp3) is 0.429. The summed E-state index contributed by atoms with van der Waals surface area (Å²) in [5, 5.41) is 4.76. The Morgan fingerprint density at radius 1 is 1.29 bits per heavy atom. The van der Waals surface area contributed by atoms with Crippen LogP contribution in [0.5, 0.6) is 0 Å². The van der Waals surface area contributed by atoms with E-state index in [1.165, 1.54) is 10.9 Å². The van der Waals surface area contributed by atoms with Crippen molar-refractivity contribution in [2.45, 2.75) is 20.4 Å². The molecule has 0 atom stereocenters. The van der Waals surface area contributed by atoms with Gasteiger partial charge < -0.3 is 9.88 Å². The normalized spacial score (nSPS) is 11.5. The Labute approximate surface area is 111 Å². The van der Waals surface area contributed by atoms with Crippen molar-refractivity contribution in [3.05, 3.63) is 34.9 Å². The summed E-state index contributed by atoms with van der Waals surface area (Å²) in [5.74, 6) is 0.715. The highest BCUT2D eigenvalue weighted by molar-refractivity contribution is 9.10. The maximum absolute atomic E-state index is 3.50. The molecule has 0 radical (unpaired) electrons. The first kappa shape index (κ1) is 12.7. The molecule has 3 heteroatoms. The summed E-state index contributed by atoms with van der Waals surface area (Å²) in [6, 6.07) is 8.60. The van der Waals surface area contributed by atoms with Crippen molar-refractivity contribution < 1.29 is 0 Å². The first-order chi connectivity index (χ1) is 8.16. The molecule has 1 aromatic heterocycles. The third-order valence-corrected chi connectivity index (χ3v) is 3.31. The number of hydrogen-bond donors (Lipinski definition) is 1. The lowest BCUT2D eigenvalue weighted by atomic mass is 10.2. The molecule has 0 spiro atoms. The highest BCUT2D eigenvalue weighted by Crippen LogP contribution is 2.20. The van der Waals surface area contributed by atoms with Crippen LogP contribution in [0.3, 0.4) is 0 Å². The van der Waals surface area contributed by atoms with E-state index in [0.29, 0.717) is 5.92 Å². The smallest absolute Gasteiger partial charge is 0.0481 e. The van der Waals surface area contributed by atoms with Crippen molar-refractivity contribution in [2.75, 3.05) is 13.1 Å². The molecule has 2 nitrogen and oxygen atoms in total. The average molecular weight is 295 g/mol. The summed E-state index contributed by atoms with van der Waals surface area (Å²) in [7, 11) is 0. The van der Waals surface area contributed by atoms with Gasteiger partial charge in [-0.15, -0.1) is 0 Å². The van der Waals surface area contributed by atoms with Crippen molar-refractivity contribution >= 4 is 26.8 Å². The van der Waals surface area contributed by atoms with Gasteiger partial charge in [0.15, 0.2) is 0 Å². The Hall–Kier alpha value is -0.800. The van der Waals surface area contributed by atoms with Crippen molar-refractivity contribution in [3.8, 4) is 0 Å². The van der Waals surface area contributed by atoms with Gasteiger partial charge in [0, 0.05) is 34.7 Å². The van der Waals surface area contributed by atoms with Crippen LogP contribution in [-0.2, 0) is 6.54 Å². The number of nitrogens with one attached hydrogen (secondary N) is 1. The van der Waals surface area contributed by atoms with E-state index >= 15 is 0 Å². The second-order valence-corrected chi connectivity index (χ2v) is 5.73. The molecule has 0 fully saturated rings.